The first-order valence-electron chi connectivity index (χ1n) is 7.28. The Morgan fingerprint density at radius 2 is 2.13 bits per heavy atom. The van der Waals surface area contributed by atoms with Gasteiger partial charge in [0.1, 0.15) is 5.41 Å². The van der Waals surface area contributed by atoms with E-state index in [4.69, 9.17) is 9.47 Å². The van der Waals surface area contributed by atoms with Crippen molar-refractivity contribution >= 4 is 11.9 Å². The maximum absolute atomic E-state index is 13.5. The minimum atomic E-state index is -1.10. The number of methoxy groups -OCH3 is 2. The summed E-state index contributed by atoms with van der Waals surface area (Å²) in [5.41, 5.74) is -0.839. The van der Waals surface area contributed by atoms with Crippen LogP contribution in [-0.2, 0) is 9.53 Å². The van der Waals surface area contributed by atoms with Gasteiger partial charge in [0.15, 0.2) is 11.6 Å². The van der Waals surface area contributed by atoms with Crippen LogP contribution in [0.3, 0.4) is 0 Å². The predicted molar refractivity (Wildman–Crippen MR) is 80.0 cm³/mol. The molecule has 1 aliphatic heterocycles. The summed E-state index contributed by atoms with van der Waals surface area (Å²) < 4.78 is 23.4. The first-order valence-corrected chi connectivity index (χ1v) is 7.28. The number of halogens is 1. The lowest BCUT2D eigenvalue weighted by Gasteiger charge is -2.39. The van der Waals surface area contributed by atoms with Crippen LogP contribution < -0.4 is 4.74 Å². The van der Waals surface area contributed by atoms with E-state index in [2.05, 4.69) is 0 Å². The number of carbonyl (C=O) groups excluding carboxylic acids is 1. The Morgan fingerprint density at radius 1 is 1.39 bits per heavy atom. The van der Waals surface area contributed by atoms with Gasteiger partial charge in [-0.2, -0.15) is 0 Å². The van der Waals surface area contributed by atoms with E-state index in [1.807, 2.05) is 0 Å². The molecule has 6 nitrogen and oxygen atoms in total. The number of hydrogen-bond donors (Lipinski definition) is 1. The second-order valence-corrected chi connectivity index (χ2v) is 5.70. The largest absolute Gasteiger partial charge is 0.494 e. The zero-order valence-electron chi connectivity index (χ0n) is 13.2. The van der Waals surface area contributed by atoms with Gasteiger partial charge in [0.25, 0.3) is 5.91 Å². The van der Waals surface area contributed by atoms with Crippen molar-refractivity contribution < 1.29 is 28.6 Å². The van der Waals surface area contributed by atoms with Crippen LogP contribution in [-0.4, -0.2) is 55.8 Å². The van der Waals surface area contributed by atoms with Gasteiger partial charge in [0.05, 0.1) is 13.7 Å². The number of carboxylic acid groups (broad SMARTS) is 1. The summed E-state index contributed by atoms with van der Waals surface area (Å²) in [6.07, 6.45) is 1.02. The van der Waals surface area contributed by atoms with Crippen LogP contribution in [0.1, 0.15) is 23.2 Å². The second kappa shape index (κ2) is 6.95. The summed E-state index contributed by atoms with van der Waals surface area (Å²) in [7, 11) is 2.76. The van der Waals surface area contributed by atoms with E-state index < -0.39 is 17.2 Å². The zero-order valence-corrected chi connectivity index (χ0v) is 13.2. The Hall–Kier alpha value is -2.15. The molecular weight excluding hydrogens is 305 g/mol. The number of benzene rings is 1. The van der Waals surface area contributed by atoms with Crippen LogP contribution in [0.4, 0.5) is 4.39 Å². The molecule has 0 saturated carbocycles. The summed E-state index contributed by atoms with van der Waals surface area (Å²) >= 11 is 0. The number of carboxylic acids is 1. The molecule has 0 aliphatic carbocycles. The molecule has 7 heteroatoms. The van der Waals surface area contributed by atoms with Crippen LogP contribution >= 0.6 is 0 Å². The molecule has 0 spiro atoms. The molecule has 126 valence electrons. The molecule has 23 heavy (non-hydrogen) atoms. The number of piperidine rings is 1. The van der Waals surface area contributed by atoms with Crippen molar-refractivity contribution in [3.63, 3.8) is 0 Å². The highest BCUT2D eigenvalue weighted by Crippen LogP contribution is 2.32. The summed E-state index contributed by atoms with van der Waals surface area (Å²) in [6, 6.07) is 3.86. The minimum absolute atomic E-state index is 0.0192. The molecule has 1 aromatic rings. The molecule has 1 heterocycles. The van der Waals surface area contributed by atoms with Crippen molar-refractivity contribution in [1.82, 2.24) is 4.90 Å². The number of amides is 1. The Morgan fingerprint density at radius 3 is 2.74 bits per heavy atom. The first-order chi connectivity index (χ1) is 10.9. The fraction of sp³-hybridized carbons (Fsp3) is 0.500. The fourth-order valence-electron chi connectivity index (χ4n) is 2.91. The molecule has 0 bridgehead atoms. The molecule has 1 aliphatic rings. The summed E-state index contributed by atoms with van der Waals surface area (Å²) in [5.74, 6) is -1.89. The molecule has 1 atom stereocenters. The summed E-state index contributed by atoms with van der Waals surface area (Å²) in [5, 5.41) is 9.52. The Labute approximate surface area is 133 Å². The molecule has 1 aromatic carbocycles. The van der Waals surface area contributed by atoms with Gasteiger partial charge in [0, 0.05) is 25.8 Å². The highest BCUT2D eigenvalue weighted by atomic mass is 19.1. The van der Waals surface area contributed by atoms with Gasteiger partial charge >= 0.3 is 5.97 Å². The normalized spacial score (nSPS) is 21.1. The molecule has 0 radical (unpaired) electrons. The van der Waals surface area contributed by atoms with Crippen LogP contribution in [0.5, 0.6) is 5.75 Å². The van der Waals surface area contributed by atoms with Crippen LogP contribution in [0.2, 0.25) is 0 Å². The van der Waals surface area contributed by atoms with E-state index in [1.165, 1.54) is 31.3 Å². The molecular formula is C16H20FNO5. The van der Waals surface area contributed by atoms with E-state index >= 15 is 0 Å². The van der Waals surface area contributed by atoms with E-state index in [9.17, 15) is 19.1 Å². The quantitative estimate of drug-likeness (QED) is 0.893. The van der Waals surface area contributed by atoms with Crippen molar-refractivity contribution in [1.29, 1.82) is 0 Å². The summed E-state index contributed by atoms with van der Waals surface area (Å²) in [6.45, 7) is 0.560. The molecule has 1 unspecified atom stereocenters. The number of nitrogens with zero attached hydrogens (tertiary/aromatic N) is 1. The SMILES string of the molecule is COCC1(C(=O)O)CCCN(C(=O)c2ccc(F)c(OC)c2)C1. The second-order valence-electron chi connectivity index (χ2n) is 5.70. The van der Waals surface area contributed by atoms with Crippen LogP contribution in [0, 0.1) is 11.2 Å². The highest BCUT2D eigenvalue weighted by Gasteiger charge is 2.44. The van der Waals surface area contributed by atoms with Gasteiger partial charge in [-0.25, -0.2) is 4.39 Å². The first kappa shape index (κ1) is 17.2. The third-order valence-corrected chi connectivity index (χ3v) is 4.14. The molecule has 0 aromatic heterocycles. The Balaban J connectivity index is 2.23. The molecule has 1 N–H and O–H groups in total. The average molecular weight is 325 g/mol. The number of aliphatic carboxylic acids is 1. The topological polar surface area (TPSA) is 76.1 Å². The number of carbonyl (C=O) groups is 2. The van der Waals surface area contributed by atoms with Gasteiger partial charge in [-0.3, -0.25) is 9.59 Å². The van der Waals surface area contributed by atoms with Gasteiger partial charge in [0.2, 0.25) is 0 Å². The van der Waals surface area contributed by atoms with E-state index in [0.717, 1.165) is 6.07 Å². The molecule has 1 saturated heterocycles. The van der Waals surface area contributed by atoms with Crippen molar-refractivity contribution in [2.24, 2.45) is 5.41 Å². The van der Waals surface area contributed by atoms with Gasteiger partial charge in [-0.1, -0.05) is 0 Å². The fourth-order valence-corrected chi connectivity index (χ4v) is 2.91. The van der Waals surface area contributed by atoms with Crippen molar-refractivity contribution in [3.05, 3.63) is 29.6 Å². The van der Waals surface area contributed by atoms with Crippen molar-refractivity contribution in [3.8, 4) is 5.75 Å². The maximum atomic E-state index is 13.5. The van der Waals surface area contributed by atoms with E-state index in [0.29, 0.717) is 19.4 Å². The maximum Gasteiger partial charge on any atom is 0.313 e. The summed E-state index contributed by atoms with van der Waals surface area (Å²) in [4.78, 5) is 25.7. The van der Waals surface area contributed by atoms with E-state index in [1.54, 1.807) is 0 Å². The molecule has 1 fully saturated rings. The lowest BCUT2D eigenvalue weighted by molar-refractivity contribution is -0.155. The van der Waals surface area contributed by atoms with Crippen LogP contribution in [0.25, 0.3) is 0 Å². The number of likely N-dealkylation sites (tertiary alicyclic amines) is 1. The van der Waals surface area contributed by atoms with Gasteiger partial charge in [-0.05, 0) is 31.0 Å². The Bertz CT molecular complexity index is 602. The number of rotatable bonds is 5. The lowest BCUT2D eigenvalue weighted by Crippen LogP contribution is -2.52. The van der Waals surface area contributed by atoms with E-state index in [-0.39, 0.29) is 30.4 Å². The van der Waals surface area contributed by atoms with Crippen molar-refractivity contribution in [2.45, 2.75) is 12.8 Å². The number of ether oxygens (including phenoxy) is 2. The lowest BCUT2D eigenvalue weighted by atomic mass is 9.80. The van der Waals surface area contributed by atoms with Gasteiger partial charge in [-0.15, -0.1) is 0 Å². The highest BCUT2D eigenvalue weighted by molar-refractivity contribution is 5.95. The molecule has 2 rings (SSSR count). The number of hydrogen-bond acceptors (Lipinski definition) is 4. The van der Waals surface area contributed by atoms with Crippen LogP contribution in [0.15, 0.2) is 18.2 Å². The van der Waals surface area contributed by atoms with Crippen molar-refractivity contribution in [2.75, 3.05) is 33.9 Å². The zero-order chi connectivity index (χ0) is 17.0. The Kier molecular flexibility index (Phi) is 5.20. The third-order valence-electron chi connectivity index (χ3n) is 4.14. The average Bonchev–Trinajstić information content (AvgIpc) is 2.55. The van der Waals surface area contributed by atoms with Gasteiger partial charge < -0.3 is 19.5 Å². The monoisotopic (exact) mass is 325 g/mol. The minimum Gasteiger partial charge on any atom is -0.494 e. The third kappa shape index (κ3) is 3.44. The predicted octanol–water partition coefficient (Wildman–Crippen LogP) is 1.79. The molecule has 1 amide bonds. The standard InChI is InChI=1S/C16H20FNO5/c1-22-10-16(15(20)21)6-3-7-18(9-16)14(19)11-4-5-12(17)13(8-11)23-2/h4-5,8H,3,6-7,9-10H2,1-2H3,(H,20,21). The smallest absolute Gasteiger partial charge is 0.313 e.